The molecule has 2 rings (SSSR count). The zero-order valence-electron chi connectivity index (χ0n) is 11.1. The van der Waals surface area contributed by atoms with E-state index >= 15 is 0 Å². The van der Waals surface area contributed by atoms with Crippen molar-refractivity contribution in [2.45, 2.75) is 33.1 Å². The fourth-order valence-corrected chi connectivity index (χ4v) is 2.69. The average Bonchev–Trinajstić information content (AvgIpc) is 2.65. The highest BCUT2D eigenvalue weighted by Gasteiger charge is 2.39. The Bertz CT molecular complexity index is 514. The number of nitrogens with one attached hydrogen (secondary N) is 1. The van der Waals surface area contributed by atoms with E-state index in [0.29, 0.717) is 6.07 Å². The number of rotatable bonds is 2. The zero-order chi connectivity index (χ0) is 14.2. The topological polar surface area (TPSA) is 55.1 Å². The Kier molecular flexibility index (Phi) is 3.47. The summed E-state index contributed by atoms with van der Waals surface area (Å²) in [5.41, 5.74) is 5.05. The van der Waals surface area contributed by atoms with Crippen molar-refractivity contribution in [3.05, 3.63) is 23.8 Å². The molecule has 1 aliphatic carbocycles. The van der Waals surface area contributed by atoms with Crippen LogP contribution in [0.25, 0.3) is 0 Å². The summed E-state index contributed by atoms with van der Waals surface area (Å²) < 4.78 is 26.6. The molecule has 19 heavy (non-hydrogen) atoms. The first-order valence-corrected chi connectivity index (χ1v) is 6.36. The second-order valence-electron chi connectivity index (χ2n) is 5.78. The van der Waals surface area contributed by atoms with Crippen LogP contribution < -0.4 is 11.1 Å². The first-order chi connectivity index (χ1) is 8.81. The molecule has 1 aliphatic rings. The van der Waals surface area contributed by atoms with Crippen LogP contribution in [0.2, 0.25) is 0 Å². The normalized spacial score (nSPS) is 21.4. The molecule has 0 saturated heterocycles. The maximum atomic E-state index is 13.6. The summed E-state index contributed by atoms with van der Waals surface area (Å²) in [5, 5.41) is 2.52. The number of amides is 1. The van der Waals surface area contributed by atoms with Crippen LogP contribution in [0.4, 0.5) is 20.2 Å². The molecule has 3 N–H and O–H groups in total. The molecule has 1 saturated carbocycles. The standard InChI is InChI=1S/C14H18F2N2O/c1-14(2)5-3-4-8(14)13(19)18-12-7-11(17)9(15)6-10(12)16/h6-8H,3-5,17H2,1-2H3,(H,18,19). The first kappa shape index (κ1) is 13.8. The molecule has 0 aromatic heterocycles. The van der Waals surface area contributed by atoms with Gasteiger partial charge >= 0.3 is 0 Å². The van der Waals surface area contributed by atoms with E-state index in [4.69, 9.17) is 5.73 Å². The molecule has 0 radical (unpaired) electrons. The monoisotopic (exact) mass is 268 g/mol. The third kappa shape index (κ3) is 2.69. The Morgan fingerprint density at radius 1 is 1.37 bits per heavy atom. The number of hydrogen-bond donors (Lipinski definition) is 2. The lowest BCUT2D eigenvalue weighted by atomic mass is 9.81. The van der Waals surface area contributed by atoms with Gasteiger partial charge in [0, 0.05) is 12.0 Å². The summed E-state index contributed by atoms with van der Waals surface area (Å²) in [6.07, 6.45) is 2.75. The molecule has 1 unspecified atom stereocenters. The zero-order valence-corrected chi connectivity index (χ0v) is 11.1. The van der Waals surface area contributed by atoms with Gasteiger partial charge in [-0.15, -0.1) is 0 Å². The van der Waals surface area contributed by atoms with Gasteiger partial charge in [0.2, 0.25) is 5.91 Å². The summed E-state index contributed by atoms with van der Waals surface area (Å²) in [7, 11) is 0. The maximum Gasteiger partial charge on any atom is 0.228 e. The summed E-state index contributed by atoms with van der Waals surface area (Å²) in [5.74, 6) is -2.02. The van der Waals surface area contributed by atoms with E-state index in [9.17, 15) is 13.6 Å². The van der Waals surface area contributed by atoms with Crippen LogP contribution in [0.3, 0.4) is 0 Å². The van der Waals surface area contributed by atoms with Crippen molar-refractivity contribution in [2.24, 2.45) is 11.3 Å². The molecule has 5 heteroatoms. The van der Waals surface area contributed by atoms with Gasteiger partial charge in [-0.2, -0.15) is 0 Å². The van der Waals surface area contributed by atoms with E-state index in [1.54, 1.807) is 0 Å². The number of nitrogen functional groups attached to an aromatic ring is 1. The Morgan fingerprint density at radius 3 is 2.63 bits per heavy atom. The maximum absolute atomic E-state index is 13.6. The van der Waals surface area contributed by atoms with Gasteiger partial charge in [0.15, 0.2) is 0 Å². The molecule has 1 atom stereocenters. The Hall–Kier alpha value is -1.65. The van der Waals surface area contributed by atoms with E-state index in [1.165, 1.54) is 0 Å². The SMILES string of the molecule is CC1(C)CCCC1C(=O)Nc1cc(N)c(F)cc1F. The summed E-state index contributed by atoms with van der Waals surface area (Å²) in [6, 6.07) is 1.80. The van der Waals surface area contributed by atoms with Gasteiger partial charge in [-0.05, 0) is 24.3 Å². The fraction of sp³-hybridized carbons (Fsp3) is 0.500. The van der Waals surface area contributed by atoms with Gasteiger partial charge in [0.25, 0.3) is 0 Å². The highest BCUT2D eigenvalue weighted by atomic mass is 19.1. The van der Waals surface area contributed by atoms with E-state index in [1.807, 2.05) is 13.8 Å². The van der Waals surface area contributed by atoms with Crippen molar-refractivity contribution in [3.63, 3.8) is 0 Å². The molecule has 1 aromatic carbocycles. The van der Waals surface area contributed by atoms with E-state index in [-0.39, 0.29) is 28.6 Å². The van der Waals surface area contributed by atoms with Crippen molar-refractivity contribution in [1.29, 1.82) is 0 Å². The van der Waals surface area contributed by atoms with Crippen LogP contribution >= 0.6 is 0 Å². The molecule has 104 valence electrons. The van der Waals surface area contributed by atoms with Crippen molar-refractivity contribution in [2.75, 3.05) is 11.1 Å². The van der Waals surface area contributed by atoms with Gasteiger partial charge in [0.1, 0.15) is 11.6 Å². The lowest BCUT2D eigenvalue weighted by Gasteiger charge is -2.26. The second-order valence-corrected chi connectivity index (χ2v) is 5.78. The summed E-state index contributed by atoms with van der Waals surface area (Å²) in [6.45, 7) is 4.05. The van der Waals surface area contributed by atoms with Crippen molar-refractivity contribution >= 4 is 17.3 Å². The summed E-state index contributed by atoms with van der Waals surface area (Å²) >= 11 is 0. The van der Waals surface area contributed by atoms with Crippen LogP contribution in [0.1, 0.15) is 33.1 Å². The number of benzene rings is 1. The number of nitrogens with two attached hydrogens (primary N) is 1. The quantitative estimate of drug-likeness (QED) is 0.808. The van der Waals surface area contributed by atoms with Crippen LogP contribution in [-0.4, -0.2) is 5.91 Å². The van der Waals surface area contributed by atoms with Crippen LogP contribution in [0.15, 0.2) is 12.1 Å². The lowest BCUT2D eigenvalue weighted by Crippen LogP contribution is -2.31. The minimum absolute atomic E-state index is 0.0633. The smallest absolute Gasteiger partial charge is 0.228 e. The first-order valence-electron chi connectivity index (χ1n) is 6.36. The number of halogens is 2. The van der Waals surface area contributed by atoms with E-state index < -0.39 is 11.6 Å². The molecule has 1 amide bonds. The average molecular weight is 268 g/mol. The minimum atomic E-state index is -0.823. The molecule has 1 aromatic rings. The predicted octanol–water partition coefficient (Wildman–Crippen LogP) is 3.31. The number of carbonyl (C=O) groups is 1. The van der Waals surface area contributed by atoms with Crippen LogP contribution in [0.5, 0.6) is 0 Å². The molecular formula is C14H18F2N2O. The van der Waals surface area contributed by atoms with Gasteiger partial charge < -0.3 is 11.1 Å². The predicted molar refractivity (Wildman–Crippen MR) is 70.5 cm³/mol. The van der Waals surface area contributed by atoms with E-state index in [2.05, 4.69) is 5.32 Å². The molecule has 3 nitrogen and oxygen atoms in total. The number of carbonyl (C=O) groups excluding carboxylic acids is 1. The van der Waals surface area contributed by atoms with Gasteiger partial charge in [0.05, 0.1) is 11.4 Å². The molecule has 0 bridgehead atoms. The highest BCUT2D eigenvalue weighted by Crippen LogP contribution is 2.43. The Balaban J connectivity index is 2.18. The van der Waals surface area contributed by atoms with Crippen molar-refractivity contribution in [1.82, 2.24) is 0 Å². The lowest BCUT2D eigenvalue weighted by molar-refractivity contribution is -0.122. The third-order valence-electron chi connectivity index (χ3n) is 3.92. The van der Waals surface area contributed by atoms with E-state index in [0.717, 1.165) is 25.3 Å². The summed E-state index contributed by atoms with van der Waals surface area (Å²) in [4.78, 5) is 12.2. The minimum Gasteiger partial charge on any atom is -0.396 e. The van der Waals surface area contributed by atoms with Crippen molar-refractivity contribution < 1.29 is 13.6 Å². The third-order valence-corrected chi connectivity index (χ3v) is 3.92. The Morgan fingerprint density at radius 2 is 2.05 bits per heavy atom. The highest BCUT2D eigenvalue weighted by molar-refractivity contribution is 5.93. The van der Waals surface area contributed by atoms with Crippen LogP contribution in [0, 0.1) is 23.0 Å². The van der Waals surface area contributed by atoms with Gasteiger partial charge in [-0.3, -0.25) is 4.79 Å². The molecule has 0 aliphatic heterocycles. The molecule has 0 spiro atoms. The van der Waals surface area contributed by atoms with Crippen molar-refractivity contribution in [3.8, 4) is 0 Å². The van der Waals surface area contributed by atoms with Crippen LogP contribution in [-0.2, 0) is 4.79 Å². The second kappa shape index (κ2) is 4.79. The van der Waals surface area contributed by atoms with Gasteiger partial charge in [-0.25, -0.2) is 8.78 Å². The molecule has 1 fully saturated rings. The van der Waals surface area contributed by atoms with Gasteiger partial charge in [-0.1, -0.05) is 20.3 Å². The number of hydrogen-bond acceptors (Lipinski definition) is 2. The largest absolute Gasteiger partial charge is 0.396 e. The molecular weight excluding hydrogens is 250 g/mol. The Labute approximate surface area is 111 Å². The molecule has 0 heterocycles. The fourth-order valence-electron chi connectivity index (χ4n) is 2.69. The number of anilines is 2.